The minimum Gasteiger partial charge on any atom is -0.349 e. The molecule has 1 amide bonds. The monoisotopic (exact) mass is 283 g/mol. The van der Waals surface area contributed by atoms with Crippen molar-refractivity contribution in [1.82, 2.24) is 15.6 Å². The van der Waals surface area contributed by atoms with E-state index in [4.69, 9.17) is 0 Å². The average molecular weight is 284 g/mol. The first-order valence-corrected chi connectivity index (χ1v) is 6.19. The first-order chi connectivity index (χ1) is 7.77. The van der Waals surface area contributed by atoms with Crippen LogP contribution in [0.5, 0.6) is 0 Å². The number of carbonyl (C=O) groups is 1. The smallest absolute Gasteiger partial charge is 0.271 e. The summed E-state index contributed by atoms with van der Waals surface area (Å²) in [4.78, 5) is 15.8. The highest BCUT2D eigenvalue weighted by Crippen LogP contribution is 2.13. The van der Waals surface area contributed by atoms with Crippen molar-refractivity contribution in [2.24, 2.45) is 0 Å². The van der Waals surface area contributed by atoms with Gasteiger partial charge in [0.2, 0.25) is 0 Å². The number of nitrogens with zero attached hydrogens (tertiary/aromatic N) is 1. The Balaban J connectivity index is 1.90. The van der Waals surface area contributed by atoms with Crippen LogP contribution in [0.25, 0.3) is 0 Å². The van der Waals surface area contributed by atoms with Gasteiger partial charge in [0.15, 0.2) is 0 Å². The molecule has 1 fully saturated rings. The van der Waals surface area contributed by atoms with Gasteiger partial charge in [0, 0.05) is 23.3 Å². The van der Waals surface area contributed by atoms with Crippen LogP contribution in [0.15, 0.2) is 22.8 Å². The van der Waals surface area contributed by atoms with Gasteiger partial charge in [0.1, 0.15) is 5.69 Å². The number of pyridine rings is 1. The highest BCUT2D eigenvalue weighted by Gasteiger charge is 2.16. The number of hydrogen-bond donors (Lipinski definition) is 2. The molecule has 0 aliphatic carbocycles. The number of rotatable bonds is 3. The van der Waals surface area contributed by atoms with Gasteiger partial charge in [-0.1, -0.05) is 0 Å². The fourth-order valence-electron chi connectivity index (χ4n) is 1.78. The molecule has 5 heteroatoms. The van der Waals surface area contributed by atoms with Crippen LogP contribution >= 0.6 is 15.9 Å². The molecule has 1 atom stereocenters. The van der Waals surface area contributed by atoms with E-state index in [9.17, 15) is 4.79 Å². The molecule has 1 aromatic heterocycles. The van der Waals surface area contributed by atoms with E-state index in [0.717, 1.165) is 17.4 Å². The summed E-state index contributed by atoms with van der Waals surface area (Å²) in [5.74, 6) is -0.124. The van der Waals surface area contributed by atoms with Crippen LogP contribution in [0.4, 0.5) is 0 Å². The van der Waals surface area contributed by atoms with E-state index in [-0.39, 0.29) is 5.91 Å². The molecule has 4 nitrogen and oxygen atoms in total. The second-order valence-electron chi connectivity index (χ2n) is 3.84. The molecule has 1 aromatic rings. The number of aromatic nitrogens is 1. The lowest BCUT2D eigenvalue weighted by molar-refractivity contribution is 0.0944. The summed E-state index contributed by atoms with van der Waals surface area (Å²) >= 11 is 3.31. The zero-order valence-corrected chi connectivity index (χ0v) is 10.5. The van der Waals surface area contributed by atoms with Crippen molar-refractivity contribution < 1.29 is 4.79 Å². The van der Waals surface area contributed by atoms with E-state index in [1.165, 1.54) is 6.42 Å². The Labute approximate surface area is 103 Å². The van der Waals surface area contributed by atoms with Gasteiger partial charge in [0.05, 0.1) is 0 Å². The van der Waals surface area contributed by atoms with Crippen molar-refractivity contribution in [1.29, 1.82) is 0 Å². The molecule has 16 heavy (non-hydrogen) atoms. The average Bonchev–Trinajstić information content (AvgIpc) is 2.79. The van der Waals surface area contributed by atoms with Gasteiger partial charge >= 0.3 is 0 Å². The molecular formula is C11H14BrN3O. The van der Waals surface area contributed by atoms with Gasteiger partial charge in [-0.3, -0.25) is 4.79 Å². The summed E-state index contributed by atoms with van der Waals surface area (Å²) in [6, 6.07) is 4.02. The summed E-state index contributed by atoms with van der Waals surface area (Å²) in [7, 11) is 0. The number of halogens is 1. The number of nitrogens with one attached hydrogen (secondary N) is 2. The third-order valence-corrected chi connectivity index (χ3v) is 3.28. The highest BCUT2D eigenvalue weighted by atomic mass is 79.9. The van der Waals surface area contributed by atoms with Crippen LogP contribution in [0.3, 0.4) is 0 Å². The molecule has 0 bridgehead atoms. The van der Waals surface area contributed by atoms with Gasteiger partial charge in [0.25, 0.3) is 5.91 Å². The largest absolute Gasteiger partial charge is 0.349 e. The highest BCUT2D eigenvalue weighted by molar-refractivity contribution is 9.10. The van der Waals surface area contributed by atoms with Gasteiger partial charge < -0.3 is 10.6 Å². The maximum absolute atomic E-state index is 11.8. The van der Waals surface area contributed by atoms with Crippen LogP contribution < -0.4 is 10.6 Å². The molecule has 1 saturated heterocycles. The zero-order chi connectivity index (χ0) is 11.4. The topological polar surface area (TPSA) is 54.0 Å². The summed E-state index contributed by atoms with van der Waals surface area (Å²) < 4.78 is 0.729. The predicted octanol–water partition coefficient (Wildman–Crippen LogP) is 1.33. The molecular weight excluding hydrogens is 270 g/mol. The van der Waals surface area contributed by atoms with Gasteiger partial charge in [-0.05, 0) is 47.4 Å². The maximum Gasteiger partial charge on any atom is 0.271 e. The molecule has 0 radical (unpaired) electrons. The molecule has 1 aliphatic heterocycles. The predicted molar refractivity (Wildman–Crippen MR) is 65.3 cm³/mol. The molecule has 0 saturated carbocycles. The minimum atomic E-state index is -0.124. The third kappa shape index (κ3) is 2.80. The van der Waals surface area contributed by atoms with Crippen molar-refractivity contribution in [3.8, 4) is 0 Å². The standard InChI is InChI=1S/C11H14BrN3O/c12-9-4-2-6-14-10(9)11(16)15-7-8-3-1-5-13-8/h2,4,6,8,13H,1,3,5,7H2,(H,15,16). The molecule has 86 valence electrons. The van der Waals surface area contributed by atoms with Gasteiger partial charge in [-0.15, -0.1) is 0 Å². The minimum absolute atomic E-state index is 0.124. The van der Waals surface area contributed by atoms with Crippen LogP contribution in [-0.2, 0) is 0 Å². The summed E-state index contributed by atoms with van der Waals surface area (Å²) in [6.45, 7) is 1.72. The van der Waals surface area contributed by atoms with Crippen LogP contribution in [0.1, 0.15) is 23.3 Å². The Hall–Kier alpha value is -0.940. The van der Waals surface area contributed by atoms with Crippen LogP contribution in [-0.4, -0.2) is 30.0 Å². The lowest BCUT2D eigenvalue weighted by atomic mass is 10.2. The van der Waals surface area contributed by atoms with Crippen LogP contribution in [0, 0.1) is 0 Å². The molecule has 1 aliphatic rings. The Morgan fingerprint density at radius 2 is 2.56 bits per heavy atom. The lowest BCUT2D eigenvalue weighted by Crippen LogP contribution is -2.37. The van der Waals surface area contributed by atoms with Crippen molar-refractivity contribution in [3.63, 3.8) is 0 Å². The molecule has 0 aromatic carbocycles. The molecule has 2 N–H and O–H groups in total. The first kappa shape index (κ1) is 11.5. The van der Waals surface area contributed by atoms with Gasteiger partial charge in [-0.25, -0.2) is 4.98 Å². The second-order valence-corrected chi connectivity index (χ2v) is 4.69. The van der Waals surface area contributed by atoms with Gasteiger partial charge in [-0.2, -0.15) is 0 Å². The summed E-state index contributed by atoms with van der Waals surface area (Å²) in [5.41, 5.74) is 0.445. The van der Waals surface area contributed by atoms with E-state index in [0.29, 0.717) is 18.3 Å². The zero-order valence-electron chi connectivity index (χ0n) is 8.87. The molecule has 0 spiro atoms. The van der Waals surface area contributed by atoms with Crippen molar-refractivity contribution >= 4 is 21.8 Å². The second kappa shape index (κ2) is 5.41. The number of carbonyl (C=O) groups excluding carboxylic acids is 1. The van der Waals surface area contributed by atoms with Crippen molar-refractivity contribution in [2.45, 2.75) is 18.9 Å². The third-order valence-electron chi connectivity index (χ3n) is 2.64. The Kier molecular flexibility index (Phi) is 3.90. The fourth-order valence-corrected chi connectivity index (χ4v) is 2.22. The molecule has 1 unspecified atom stereocenters. The van der Waals surface area contributed by atoms with E-state index >= 15 is 0 Å². The lowest BCUT2D eigenvalue weighted by Gasteiger charge is -2.11. The van der Waals surface area contributed by atoms with E-state index in [1.807, 2.05) is 6.07 Å². The summed E-state index contributed by atoms with van der Waals surface area (Å²) in [6.07, 6.45) is 3.94. The quantitative estimate of drug-likeness (QED) is 0.880. The summed E-state index contributed by atoms with van der Waals surface area (Å²) in [5, 5.41) is 6.22. The number of hydrogen-bond acceptors (Lipinski definition) is 3. The molecule has 2 rings (SSSR count). The van der Waals surface area contributed by atoms with Crippen molar-refractivity contribution in [3.05, 3.63) is 28.5 Å². The maximum atomic E-state index is 11.8. The normalized spacial score (nSPS) is 19.7. The SMILES string of the molecule is O=C(NCC1CCCN1)c1ncccc1Br. The van der Waals surface area contributed by atoms with E-state index in [1.54, 1.807) is 12.3 Å². The Morgan fingerprint density at radius 3 is 3.25 bits per heavy atom. The van der Waals surface area contributed by atoms with Crippen LogP contribution in [0.2, 0.25) is 0 Å². The number of amides is 1. The Bertz CT molecular complexity index is 377. The fraction of sp³-hybridized carbons (Fsp3) is 0.455. The molecule has 2 heterocycles. The first-order valence-electron chi connectivity index (χ1n) is 5.39. The van der Waals surface area contributed by atoms with E-state index < -0.39 is 0 Å². The van der Waals surface area contributed by atoms with E-state index in [2.05, 4.69) is 31.5 Å². The van der Waals surface area contributed by atoms with Crippen molar-refractivity contribution in [2.75, 3.05) is 13.1 Å². The Morgan fingerprint density at radius 1 is 1.69 bits per heavy atom.